The Balaban J connectivity index is 1.48. The molecular formula is C27H23F4N9O4. The number of nitriles is 1. The van der Waals surface area contributed by atoms with Crippen LogP contribution in [0.4, 0.5) is 23.4 Å². The number of likely N-dealkylation sites (tertiary alicyclic amines) is 1. The van der Waals surface area contributed by atoms with E-state index in [9.17, 15) is 37.5 Å². The maximum atomic E-state index is 14.8. The van der Waals surface area contributed by atoms with Crippen molar-refractivity contribution >= 4 is 23.1 Å². The van der Waals surface area contributed by atoms with Crippen LogP contribution in [0.15, 0.2) is 43.1 Å². The molecule has 0 aliphatic carbocycles. The predicted octanol–water partition coefficient (Wildman–Crippen LogP) is 1.91. The van der Waals surface area contributed by atoms with Gasteiger partial charge in [-0.1, -0.05) is 0 Å². The van der Waals surface area contributed by atoms with E-state index in [-0.39, 0.29) is 24.2 Å². The van der Waals surface area contributed by atoms with E-state index in [1.165, 1.54) is 42.6 Å². The van der Waals surface area contributed by atoms with Gasteiger partial charge in [0.1, 0.15) is 29.6 Å². The van der Waals surface area contributed by atoms with Gasteiger partial charge < -0.3 is 25.8 Å². The van der Waals surface area contributed by atoms with E-state index in [1.54, 1.807) is 12.1 Å². The highest BCUT2D eigenvalue weighted by Gasteiger charge is 2.58. The number of fused-ring (bicyclic) bond motifs is 1. The lowest BCUT2D eigenvalue weighted by Gasteiger charge is -2.29. The summed E-state index contributed by atoms with van der Waals surface area (Å²) in [7, 11) is 1.25. The monoisotopic (exact) mass is 613 g/mol. The average molecular weight is 614 g/mol. The van der Waals surface area contributed by atoms with E-state index in [2.05, 4.69) is 25.4 Å². The molecule has 44 heavy (non-hydrogen) atoms. The third-order valence-corrected chi connectivity index (χ3v) is 7.17. The summed E-state index contributed by atoms with van der Waals surface area (Å²) in [6.07, 6.45) is -1.70. The summed E-state index contributed by atoms with van der Waals surface area (Å²) in [4.78, 5) is 38.5. The number of aliphatic hydroxyl groups is 1. The van der Waals surface area contributed by atoms with E-state index in [0.29, 0.717) is 38.4 Å². The van der Waals surface area contributed by atoms with E-state index < -0.39 is 48.9 Å². The second kappa shape index (κ2) is 11.0. The zero-order chi connectivity index (χ0) is 32.0. The van der Waals surface area contributed by atoms with Crippen LogP contribution in [0, 0.1) is 11.3 Å². The minimum Gasteiger partial charge on any atom is -0.480 e. The summed E-state index contributed by atoms with van der Waals surface area (Å²) in [6, 6.07) is 5.28. The first-order chi connectivity index (χ1) is 20.8. The summed E-state index contributed by atoms with van der Waals surface area (Å²) in [5.41, 5.74) is 4.74. The number of hydrogen-bond donors (Lipinski definition) is 3. The first kappa shape index (κ1) is 30.1. The Bertz CT molecular complexity index is 1820. The zero-order valence-electron chi connectivity index (χ0n) is 23.0. The van der Waals surface area contributed by atoms with Crippen molar-refractivity contribution in [2.75, 3.05) is 25.9 Å². The number of rotatable bonds is 6. The molecular weight excluding hydrogens is 590 g/mol. The molecule has 4 aromatic heterocycles. The fourth-order valence-electron chi connectivity index (χ4n) is 4.80. The molecule has 17 heteroatoms. The van der Waals surface area contributed by atoms with Crippen molar-refractivity contribution in [3.63, 3.8) is 0 Å². The Hall–Kier alpha value is -5.37. The van der Waals surface area contributed by atoms with Gasteiger partial charge in [0.05, 0.1) is 31.0 Å². The number of hydrogen-bond acceptors (Lipinski definition) is 10. The number of carbonyl (C=O) groups is 2. The third kappa shape index (κ3) is 5.19. The van der Waals surface area contributed by atoms with Gasteiger partial charge >= 0.3 is 6.18 Å². The van der Waals surface area contributed by atoms with Gasteiger partial charge in [-0.2, -0.15) is 23.5 Å². The summed E-state index contributed by atoms with van der Waals surface area (Å²) < 4.78 is 61.0. The topological polar surface area (TPSA) is 185 Å². The quantitative estimate of drug-likeness (QED) is 0.271. The minimum absolute atomic E-state index is 0.113. The van der Waals surface area contributed by atoms with Crippen molar-refractivity contribution in [2.24, 2.45) is 0 Å². The van der Waals surface area contributed by atoms with Crippen LogP contribution in [-0.4, -0.2) is 90.6 Å². The SMILES string of the molecule is COc1ncc(-c2cc(-c3cncc(C#N)c3)c3c(N)ncnn23)cc1C(=O)N[C@@H]1CN(C(=O)C(C)(O)C(F)(F)F)C[C@@H]1F. The molecule has 5 rings (SSSR count). The molecule has 4 N–H and O–H groups in total. The fourth-order valence-corrected chi connectivity index (χ4v) is 4.80. The zero-order valence-corrected chi connectivity index (χ0v) is 23.0. The van der Waals surface area contributed by atoms with E-state index in [0.717, 1.165) is 0 Å². The van der Waals surface area contributed by atoms with Crippen LogP contribution in [0.5, 0.6) is 5.88 Å². The highest BCUT2D eigenvalue weighted by atomic mass is 19.4. The Morgan fingerprint density at radius 1 is 1.16 bits per heavy atom. The van der Waals surface area contributed by atoms with Crippen molar-refractivity contribution in [2.45, 2.75) is 30.9 Å². The summed E-state index contributed by atoms with van der Waals surface area (Å²) >= 11 is 0. The lowest BCUT2D eigenvalue weighted by molar-refractivity contribution is -0.249. The first-order valence-electron chi connectivity index (χ1n) is 12.8. The molecule has 1 unspecified atom stereocenters. The van der Waals surface area contributed by atoms with Gasteiger partial charge in [-0.05, 0) is 25.1 Å². The number of pyridine rings is 2. The van der Waals surface area contributed by atoms with Gasteiger partial charge in [0.25, 0.3) is 11.8 Å². The molecule has 0 saturated carbocycles. The molecule has 1 aliphatic heterocycles. The summed E-state index contributed by atoms with van der Waals surface area (Å²) in [5.74, 6) is -2.66. The number of nitrogens with two attached hydrogens (primary N) is 1. The molecule has 1 saturated heterocycles. The van der Waals surface area contributed by atoms with Gasteiger partial charge in [0.15, 0.2) is 5.82 Å². The highest BCUT2D eigenvalue weighted by Crippen LogP contribution is 2.36. The molecule has 0 radical (unpaired) electrons. The Kier molecular flexibility index (Phi) is 7.55. The Labute approximate surface area is 245 Å². The van der Waals surface area contributed by atoms with Crippen LogP contribution in [0.3, 0.4) is 0 Å². The molecule has 0 aromatic carbocycles. The number of amides is 2. The molecule has 0 spiro atoms. The minimum atomic E-state index is -5.29. The number of alkyl halides is 4. The van der Waals surface area contributed by atoms with Crippen molar-refractivity contribution in [1.82, 2.24) is 34.8 Å². The van der Waals surface area contributed by atoms with Crippen molar-refractivity contribution < 1.29 is 37.0 Å². The van der Waals surface area contributed by atoms with E-state index >= 15 is 0 Å². The molecule has 228 valence electrons. The average Bonchev–Trinajstić information content (AvgIpc) is 3.57. The van der Waals surface area contributed by atoms with E-state index in [1.807, 2.05) is 6.07 Å². The van der Waals surface area contributed by atoms with Gasteiger partial charge in [0.2, 0.25) is 11.5 Å². The van der Waals surface area contributed by atoms with Crippen LogP contribution in [0.25, 0.3) is 27.9 Å². The fraction of sp³-hybridized carbons (Fsp3) is 0.296. The maximum Gasteiger partial charge on any atom is 0.426 e. The van der Waals surface area contributed by atoms with Crippen molar-refractivity contribution in [3.05, 3.63) is 54.2 Å². The van der Waals surface area contributed by atoms with Crippen LogP contribution in [-0.2, 0) is 4.79 Å². The lowest BCUT2D eigenvalue weighted by atomic mass is 10.1. The highest BCUT2D eigenvalue weighted by molar-refractivity contribution is 5.98. The van der Waals surface area contributed by atoms with Crippen molar-refractivity contribution in [3.8, 4) is 34.3 Å². The number of ether oxygens (including phenoxy) is 1. The van der Waals surface area contributed by atoms with Crippen LogP contribution in [0.1, 0.15) is 22.8 Å². The van der Waals surface area contributed by atoms with Crippen molar-refractivity contribution in [1.29, 1.82) is 5.26 Å². The number of halogens is 4. The second-order valence-corrected chi connectivity index (χ2v) is 10.1. The number of nitrogens with zero attached hydrogens (tertiary/aromatic N) is 7. The first-order valence-corrected chi connectivity index (χ1v) is 12.8. The van der Waals surface area contributed by atoms with E-state index in [4.69, 9.17) is 10.5 Å². The van der Waals surface area contributed by atoms with Gasteiger partial charge in [-0.15, -0.1) is 0 Å². The number of carbonyl (C=O) groups excluding carboxylic acids is 2. The Morgan fingerprint density at radius 3 is 2.59 bits per heavy atom. The standard InChI is InChI=1S/C27H23F4N9O4/c1-26(43,27(29,30)31)25(42)39-10-18(28)19(11-39)38-23(41)17-4-15(9-35-24(17)44-2)20-5-16(14-3-13(6-32)7-34-8-14)21-22(33)36-12-37-40(20)21/h3-5,7-9,12,18-19,43H,10-11H2,1-2H3,(H,38,41)(H2,33,36,37)/t18-,19+,26?/m0/s1. The Morgan fingerprint density at radius 2 is 1.91 bits per heavy atom. The third-order valence-electron chi connectivity index (χ3n) is 7.17. The number of anilines is 1. The largest absolute Gasteiger partial charge is 0.480 e. The number of nitrogens with one attached hydrogen (secondary N) is 1. The van der Waals surface area contributed by atoms with Crippen LogP contribution < -0.4 is 15.8 Å². The lowest BCUT2D eigenvalue weighted by Crippen LogP contribution is -2.56. The van der Waals surface area contributed by atoms with Crippen LogP contribution >= 0.6 is 0 Å². The smallest absolute Gasteiger partial charge is 0.426 e. The summed E-state index contributed by atoms with van der Waals surface area (Å²) in [6.45, 7) is -1.11. The van der Waals surface area contributed by atoms with Gasteiger partial charge in [-0.3, -0.25) is 14.6 Å². The number of aromatic nitrogens is 5. The predicted molar refractivity (Wildman–Crippen MR) is 145 cm³/mol. The van der Waals surface area contributed by atoms with Crippen LogP contribution in [0.2, 0.25) is 0 Å². The second-order valence-electron chi connectivity index (χ2n) is 10.1. The molecule has 1 aliphatic rings. The molecule has 0 bridgehead atoms. The molecule has 4 aromatic rings. The molecule has 3 atom stereocenters. The molecule has 13 nitrogen and oxygen atoms in total. The normalized spacial score (nSPS) is 18.1. The number of methoxy groups -OCH3 is 1. The maximum absolute atomic E-state index is 14.8. The molecule has 2 amide bonds. The molecule has 5 heterocycles. The van der Waals surface area contributed by atoms with Gasteiger partial charge in [0, 0.05) is 41.8 Å². The summed E-state index contributed by atoms with van der Waals surface area (Å²) in [5, 5.41) is 25.7. The molecule has 1 fully saturated rings. The van der Waals surface area contributed by atoms with Gasteiger partial charge in [-0.25, -0.2) is 18.9 Å². The number of nitrogen functional groups attached to an aromatic ring is 1.